The molecule has 1 aliphatic heterocycles. The minimum Gasteiger partial charge on any atom is -0.378 e. The lowest BCUT2D eigenvalue weighted by atomic mass is 10.0. The van der Waals surface area contributed by atoms with E-state index < -0.39 is 0 Å². The molecule has 2 rings (SSSR count). The molecule has 1 aliphatic rings. The van der Waals surface area contributed by atoms with Crippen LogP contribution in [-0.2, 0) is 4.74 Å². The standard InChI is InChI=1S/C10H18N6O/c1-6-4-7(2-3-17-6)13-8-5-9(16-12)15-10(11)14-8/h5-7H,2-4,12H2,1H3,(H4,11,13,14,15,16). The second-order valence-electron chi connectivity index (χ2n) is 4.19. The summed E-state index contributed by atoms with van der Waals surface area (Å²) in [5.74, 6) is 6.68. The lowest BCUT2D eigenvalue weighted by Crippen LogP contribution is -2.32. The fraction of sp³-hybridized carbons (Fsp3) is 0.600. The Hall–Kier alpha value is -1.60. The van der Waals surface area contributed by atoms with Gasteiger partial charge in [0.05, 0.1) is 6.10 Å². The molecule has 7 nitrogen and oxygen atoms in total. The molecule has 0 spiro atoms. The van der Waals surface area contributed by atoms with E-state index in [9.17, 15) is 0 Å². The van der Waals surface area contributed by atoms with Crippen molar-refractivity contribution in [2.45, 2.75) is 31.9 Å². The molecule has 6 N–H and O–H groups in total. The molecule has 0 radical (unpaired) electrons. The first kappa shape index (κ1) is 11.9. The fourth-order valence-electron chi connectivity index (χ4n) is 1.95. The molecule has 1 saturated heterocycles. The highest BCUT2D eigenvalue weighted by molar-refractivity contribution is 5.50. The molecule has 2 unspecified atom stereocenters. The van der Waals surface area contributed by atoms with Gasteiger partial charge in [0.2, 0.25) is 5.95 Å². The van der Waals surface area contributed by atoms with Crippen LogP contribution in [0.4, 0.5) is 17.6 Å². The van der Waals surface area contributed by atoms with Crippen molar-refractivity contribution in [1.82, 2.24) is 9.97 Å². The van der Waals surface area contributed by atoms with Crippen LogP contribution >= 0.6 is 0 Å². The van der Waals surface area contributed by atoms with E-state index >= 15 is 0 Å². The molecule has 7 heteroatoms. The third-order valence-corrected chi connectivity index (χ3v) is 2.73. The van der Waals surface area contributed by atoms with E-state index in [1.165, 1.54) is 0 Å². The molecule has 17 heavy (non-hydrogen) atoms. The summed E-state index contributed by atoms with van der Waals surface area (Å²) in [6, 6.07) is 2.08. The third kappa shape index (κ3) is 3.18. The molecule has 1 aromatic rings. The van der Waals surface area contributed by atoms with Gasteiger partial charge in [-0.3, -0.25) is 0 Å². The molecule has 0 saturated carbocycles. The van der Waals surface area contributed by atoms with Crippen molar-refractivity contribution in [2.75, 3.05) is 23.1 Å². The summed E-state index contributed by atoms with van der Waals surface area (Å²) in [5.41, 5.74) is 8.04. The van der Waals surface area contributed by atoms with E-state index in [1.807, 2.05) is 0 Å². The van der Waals surface area contributed by atoms with Crippen molar-refractivity contribution in [1.29, 1.82) is 0 Å². The summed E-state index contributed by atoms with van der Waals surface area (Å²) in [4.78, 5) is 8.05. The summed E-state index contributed by atoms with van der Waals surface area (Å²) in [6.07, 6.45) is 2.18. The Morgan fingerprint density at radius 3 is 2.88 bits per heavy atom. The van der Waals surface area contributed by atoms with Crippen LogP contribution in [0.2, 0.25) is 0 Å². The Balaban J connectivity index is 2.04. The number of aromatic nitrogens is 2. The summed E-state index contributed by atoms with van der Waals surface area (Å²) in [7, 11) is 0. The van der Waals surface area contributed by atoms with E-state index in [-0.39, 0.29) is 12.1 Å². The van der Waals surface area contributed by atoms with Gasteiger partial charge in [-0.2, -0.15) is 9.97 Å². The van der Waals surface area contributed by atoms with Gasteiger partial charge >= 0.3 is 0 Å². The Kier molecular flexibility index (Phi) is 3.60. The average molecular weight is 238 g/mol. The van der Waals surface area contributed by atoms with Gasteiger partial charge in [0.1, 0.15) is 11.6 Å². The van der Waals surface area contributed by atoms with E-state index in [4.69, 9.17) is 16.3 Å². The van der Waals surface area contributed by atoms with Crippen LogP contribution in [0.3, 0.4) is 0 Å². The predicted octanol–water partition coefficient (Wildman–Crippen LogP) is 0.324. The number of rotatable bonds is 3. The lowest BCUT2D eigenvalue weighted by molar-refractivity contribution is 0.0232. The van der Waals surface area contributed by atoms with Crippen molar-refractivity contribution < 1.29 is 4.74 Å². The summed E-state index contributed by atoms with van der Waals surface area (Å²) in [6.45, 7) is 2.83. The van der Waals surface area contributed by atoms with Crippen LogP contribution in [0.1, 0.15) is 19.8 Å². The Morgan fingerprint density at radius 2 is 2.18 bits per heavy atom. The lowest BCUT2D eigenvalue weighted by Gasteiger charge is -2.28. The van der Waals surface area contributed by atoms with Crippen LogP contribution in [0.25, 0.3) is 0 Å². The number of nitrogens with zero attached hydrogens (tertiary/aromatic N) is 2. The molecule has 1 fully saturated rings. The highest BCUT2D eigenvalue weighted by Gasteiger charge is 2.19. The number of ether oxygens (including phenoxy) is 1. The molecular formula is C10H18N6O. The van der Waals surface area contributed by atoms with E-state index in [2.05, 4.69) is 27.6 Å². The molecule has 0 bridgehead atoms. The number of hydrazine groups is 1. The Labute approximate surface area is 99.9 Å². The van der Waals surface area contributed by atoms with Gasteiger partial charge in [-0.1, -0.05) is 0 Å². The molecular weight excluding hydrogens is 220 g/mol. The van der Waals surface area contributed by atoms with Gasteiger partial charge in [0.25, 0.3) is 0 Å². The molecule has 2 heterocycles. The van der Waals surface area contributed by atoms with E-state index in [0.717, 1.165) is 19.4 Å². The van der Waals surface area contributed by atoms with Gasteiger partial charge < -0.3 is 21.2 Å². The minimum absolute atomic E-state index is 0.197. The second-order valence-corrected chi connectivity index (χ2v) is 4.19. The van der Waals surface area contributed by atoms with Crippen molar-refractivity contribution in [2.24, 2.45) is 5.84 Å². The zero-order valence-corrected chi connectivity index (χ0v) is 9.81. The van der Waals surface area contributed by atoms with Gasteiger partial charge in [-0.15, -0.1) is 0 Å². The molecule has 1 aromatic heterocycles. The maximum absolute atomic E-state index is 5.58. The monoisotopic (exact) mass is 238 g/mol. The summed E-state index contributed by atoms with van der Waals surface area (Å²) in [5, 5.41) is 3.32. The minimum atomic E-state index is 0.197. The van der Waals surface area contributed by atoms with Gasteiger partial charge in [-0.05, 0) is 19.8 Å². The number of hydrogen-bond acceptors (Lipinski definition) is 7. The zero-order valence-electron chi connectivity index (χ0n) is 9.81. The molecule has 0 aromatic carbocycles. The summed E-state index contributed by atoms with van der Waals surface area (Å²) >= 11 is 0. The molecule has 2 atom stereocenters. The largest absolute Gasteiger partial charge is 0.378 e. The van der Waals surface area contributed by atoms with Crippen LogP contribution in [-0.4, -0.2) is 28.7 Å². The van der Waals surface area contributed by atoms with Gasteiger partial charge in [-0.25, -0.2) is 5.84 Å². The molecule has 0 aliphatic carbocycles. The second kappa shape index (κ2) is 5.15. The molecule has 94 valence electrons. The first-order chi connectivity index (χ1) is 8.17. The van der Waals surface area contributed by atoms with E-state index in [0.29, 0.717) is 17.7 Å². The number of nitrogens with two attached hydrogens (primary N) is 2. The van der Waals surface area contributed by atoms with Crippen molar-refractivity contribution in [3.8, 4) is 0 Å². The first-order valence-corrected chi connectivity index (χ1v) is 5.66. The van der Waals surface area contributed by atoms with Crippen molar-refractivity contribution in [3.63, 3.8) is 0 Å². The fourth-order valence-corrected chi connectivity index (χ4v) is 1.95. The first-order valence-electron chi connectivity index (χ1n) is 5.66. The quantitative estimate of drug-likeness (QED) is 0.443. The van der Waals surface area contributed by atoms with Crippen LogP contribution in [0.5, 0.6) is 0 Å². The zero-order chi connectivity index (χ0) is 12.3. The van der Waals surface area contributed by atoms with Crippen LogP contribution in [0.15, 0.2) is 6.07 Å². The summed E-state index contributed by atoms with van der Waals surface area (Å²) < 4.78 is 5.48. The predicted molar refractivity (Wildman–Crippen MR) is 66.3 cm³/mol. The third-order valence-electron chi connectivity index (χ3n) is 2.73. The number of nitrogen functional groups attached to an aromatic ring is 2. The molecule has 0 amide bonds. The SMILES string of the molecule is CC1CC(Nc2cc(NN)nc(N)n2)CCO1. The van der Waals surface area contributed by atoms with Crippen molar-refractivity contribution in [3.05, 3.63) is 6.07 Å². The highest BCUT2D eigenvalue weighted by Crippen LogP contribution is 2.19. The number of nitrogens with one attached hydrogen (secondary N) is 2. The Morgan fingerprint density at radius 1 is 1.41 bits per heavy atom. The van der Waals surface area contributed by atoms with Gasteiger partial charge in [0.15, 0.2) is 0 Å². The smallest absolute Gasteiger partial charge is 0.223 e. The van der Waals surface area contributed by atoms with E-state index in [1.54, 1.807) is 6.07 Å². The topological polar surface area (TPSA) is 111 Å². The van der Waals surface area contributed by atoms with Crippen molar-refractivity contribution >= 4 is 17.6 Å². The average Bonchev–Trinajstić information content (AvgIpc) is 2.28. The van der Waals surface area contributed by atoms with Gasteiger partial charge in [0, 0.05) is 18.7 Å². The van der Waals surface area contributed by atoms with Crippen LogP contribution < -0.4 is 22.3 Å². The number of hydrogen-bond donors (Lipinski definition) is 4. The van der Waals surface area contributed by atoms with Crippen LogP contribution in [0, 0.1) is 0 Å². The normalized spacial score (nSPS) is 24.4. The number of anilines is 3. The highest BCUT2D eigenvalue weighted by atomic mass is 16.5. The Bertz CT molecular complexity index is 385. The maximum Gasteiger partial charge on any atom is 0.223 e. The maximum atomic E-state index is 5.58.